The van der Waals surface area contributed by atoms with Crippen LogP contribution in [0.4, 0.5) is 11.4 Å². The molecule has 1 N–H and O–H groups in total. The summed E-state index contributed by atoms with van der Waals surface area (Å²) in [6.45, 7) is 11.5. The Labute approximate surface area is 264 Å². The summed E-state index contributed by atoms with van der Waals surface area (Å²) in [5.74, 6) is -2.14. The Kier molecular flexibility index (Phi) is 8.95. The Hall–Kier alpha value is -2.59. The summed E-state index contributed by atoms with van der Waals surface area (Å²) in [5, 5.41) is 10.5. The van der Waals surface area contributed by atoms with E-state index in [2.05, 4.69) is 29.1 Å². The zero-order valence-electron chi connectivity index (χ0n) is 23.7. The monoisotopic (exact) mass is 671 g/mol. The SMILES string of the molecule is C=CCN(C(=O)[C@H]1[C@H]2C(=O)N([C@H](C)CO)C(C(=O)N(CC=C)c3c(C)cccc3Cl)C23CC(Br)[C@@H]1S3)c1ccccc1. The van der Waals surface area contributed by atoms with Crippen LogP contribution in [-0.4, -0.2) is 74.3 Å². The van der Waals surface area contributed by atoms with Crippen molar-refractivity contribution in [2.75, 3.05) is 29.5 Å². The maximum Gasteiger partial charge on any atom is 0.251 e. The van der Waals surface area contributed by atoms with Crippen LogP contribution >= 0.6 is 39.3 Å². The molecule has 7 nitrogen and oxygen atoms in total. The summed E-state index contributed by atoms with van der Waals surface area (Å²) >= 11 is 12.0. The maximum absolute atomic E-state index is 14.8. The molecule has 3 aliphatic rings. The first-order valence-electron chi connectivity index (χ1n) is 14.0. The molecule has 3 unspecified atom stereocenters. The third-order valence-corrected chi connectivity index (χ3v) is 12.2. The second-order valence-electron chi connectivity index (χ2n) is 11.2. The summed E-state index contributed by atoms with van der Waals surface area (Å²) in [6, 6.07) is 13.3. The number of thioether (sulfide) groups is 1. The first-order valence-corrected chi connectivity index (χ1v) is 16.2. The second kappa shape index (κ2) is 12.2. The minimum absolute atomic E-state index is 0.0866. The number of likely N-dealkylation sites (tertiary alicyclic amines) is 1. The number of hydrogen-bond donors (Lipinski definition) is 1. The Balaban J connectivity index is 1.63. The van der Waals surface area contributed by atoms with Gasteiger partial charge in [-0.05, 0) is 44.0 Å². The van der Waals surface area contributed by atoms with Gasteiger partial charge in [0.25, 0.3) is 5.91 Å². The molecular weight excluding hydrogens is 638 g/mol. The van der Waals surface area contributed by atoms with Crippen molar-refractivity contribution in [3.63, 3.8) is 0 Å². The number of aliphatic hydroxyl groups is 1. The van der Waals surface area contributed by atoms with Gasteiger partial charge in [-0.25, -0.2) is 0 Å². The van der Waals surface area contributed by atoms with E-state index in [1.807, 2.05) is 49.4 Å². The van der Waals surface area contributed by atoms with Gasteiger partial charge in [-0.1, -0.05) is 70.0 Å². The van der Waals surface area contributed by atoms with E-state index in [9.17, 15) is 19.5 Å². The molecule has 5 rings (SSSR count). The van der Waals surface area contributed by atoms with Crippen molar-refractivity contribution in [3.05, 3.63) is 84.4 Å². The average molecular weight is 673 g/mol. The maximum atomic E-state index is 14.8. The standard InChI is InChI=1S/C32H35BrClN3O4S/c1-5-15-35(21-12-8-7-9-13-21)29(39)24-25-30(40)37(20(4)18-38)28(32(25)17-22(33)27(24)42-32)31(41)36(16-6-2)26-19(3)11-10-14-23(26)34/h5-14,20,22,24-25,27-28,38H,1-2,15-18H2,3-4H3/t20-,22?,24+,25+,27+,28?,32?/m1/s1. The number of carbonyl (C=O) groups excluding carboxylic acids is 3. The predicted octanol–water partition coefficient (Wildman–Crippen LogP) is 5.23. The normalized spacial score (nSPS) is 28.4. The fourth-order valence-corrected chi connectivity index (χ4v) is 10.9. The zero-order chi connectivity index (χ0) is 30.3. The smallest absolute Gasteiger partial charge is 0.251 e. The number of halogens is 2. The molecule has 1 spiro atoms. The van der Waals surface area contributed by atoms with Gasteiger partial charge in [-0.2, -0.15) is 0 Å². The number of amides is 3. The van der Waals surface area contributed by atoms with Crippen molar-refractivity contribution in [2.24, 2.45) is 11.8 Å². The lowest BCUT2D eigenvalue weighted by Crippen LogP contribution is -2.57. The highest BCUT2D eigenvalue weighted by molar-refractivity contribution is 9.09. The number of benzene rings is 2. The van der Waals surface area contributed by atoms with E-state index in [1.165, 1.54) is 4.90 Å². The van der Waals surface area contributed by atoms with Crippen molar-refractivity contribution in [1.82, 2.24) is 4.90 Å². The van der Waals surface area contributed by atoms with Crippen LogP contribution in [0.2, 0.25) is 5.02 Å². The molecule has 0 saturated carbocycles. The van der Waals surface area contributed by atoms with Crippen LogP contribution < -0.4 is 9.80 Å². The van der Waals surface area contributed by atoms with Gasteiger partial charge >= 0.3 is 0 Å². The molecule has 42 heavy (non-hydrogen) atoms. The van der Waals surface area contributed by atoms with E-state index in [1.54, 1.807) is 46.7 Å². The number of nitrogens with zero attached hydrogens (tertiary/aromatic N) is 3. The molecule has 10 heteroatoms. The van der Waals surface area contributed by atoms with Crippen LogP contribution in [0.1, 0.15) is 18.9 Å². The van der Waals surface area contributed by atoms with Crippen molar-refractivity contribution in [1.29, 1.82) is 0 Å². The second-order valence-corrected chi connectivity index (χ2v) is 14.3. The summed E-state index contributed by atoms with van der Waals surface area (Å²) in [6.07, 6.45) is 3.84. The molecular formula is C32H35BrClN3O4S. The molecule has 3 saturated heterocycles. The highest BCUT2D eigenvalue weighted by Gasteiger charge is 2.76. The molecule has 3 amide bonds. The first kappa shape index (κ1) is 30.9. The number of anilines is 2. The fraction of sp³-hybridized carbons (Fsp3) is 0.406. The average Bonchev–Trinajstić information content (AvgIpc) is 3.58. The lowest BCUT2D eigenvalue weighted by atomic mass is 9.70. The van der Waals surface area contributed by atoms with Crippen LogP contribution in [0.3, 0.4) is 0 Å². The van der Waals surface area contributed by atoms with E-state index >= 15 is 0 Å². The van der Waals surface area contributed by atoms with Gasteiger partial charge in [0.15, 0.2) is 0 Å². The lowest BCUT2D eigenvalue weighted by molar-refractivity contribution is -0.141. The molecule has 0 aliphatic carbocycles. The molecule has 2 aromatic carbocycles. The van der Waals surface area contributed by atoms with E-state index in [4.69, 9.17) is 11.6 Å². The molecule has 2 bridgehead atoms. The van der Waals surface area contributed by atoms with Gasteiger partial charge in [-0.3, -0.25) is 14.4 Å². The summed E-state index contributed by atoms with van der Waals surface area (Å²) in [4.78, 5) is 48.4. The predicted molar refractivity (Wildman–Crippen MR) is 173 cm³/mol. The van der Waals surface area contributed by atoms with E-state index in [0.29, 0.717) is 17.1 Å². The van der Waals surface area contributed by atoms with Crippen molar-refractivity contribution < 1.29 is 19.5 Å². The van der Waals surface area contributed by atoms with Crippen LogP contribution in [0.15, 0.2) is 73.8 Å². The fourth-order valence-electron chi connectivity index (χ4n) is 6.96. The van der Waals surface area contributed by atoms with Crippen molar-refractivity contribution in [2.45, 2.75) is 47.2 Å². The molecule has 3 heterocycles. The molecule has 7 atom stereocenters. The summed E-state index contributed by atoms with van der Waals surface area (Å²) in [5.41, 5.74) is 2.10. The largest absolute Gasteiger partial charge is 0.394 e. The number of aliphatic hydroxyl groups excluding tert-OH is 1. The quantitative estimate of drug-likeness (QED) is 0.276. The van der Waals surface area contributed by atoms with Gasteiger partial charge in [0, 0.05) is 28.9 Å². The number of aryl methyl sites for hydroxylation is 1. The molecule has 3 aliphatic heterocycles. The number of alkyl halides is 1. The summed E-state index contributed by atoms with van der Waals surface area (Å²) in [7, 11) is 0. The molecule has 3 fully saturated rings. The Morgan fingerprint density at radius 2 is 1.81 bits per heavy atom. The van der Waals surface area contributed by atoms with Crippen LogP contribution in [0, 0.1) is 18.8 Å². The van der Waals surface area contributed by atoms with E-state index in [0.717, 1.165) is 11.3 Å². The van der Waals surface area contributed by atoms with Crippen molar-refractivity contribution >= 4 is 68.4 Å². The molecule has 2 aromatic rings. The zero-order valence-corrected chi connectivity index (χ0v) is 26.8. The Bertz CT molecular complexity index is 1390. The highest BCUT2D eigenvalue weighted by Crippen LogP contribution is 2.68. The Morgan fingerprint density at radius 3 is 2.43 bits per heavy atom. The summed E-state index contributed by atoms with van der Waals surface area (Å²) < 4.78 is -0.873. The van der Waals surface area contributed by atoms with Crippen LogP contribution in [-0.2, 0) is 14.4 Å². The molecule has 0 radical (unpaired) electrons. The van der Waals surface area contributed by atoms with Gasteiger partial charge < -0.3 is 19.8 Å². The van der Waals surface area contributed by atoms with Gasteiger partial charge in [0.1, 0.15) is 6.04 Å². The highest BCUT2D eigenvalue weighted by atomic mass is 79.9. The third kappa shape index (κ3) is 4.82. The number of para-hydroxylation sites is 2. The number of carbonyl (C=O) groups is 3. The Morgan fingerprint density at radius 1 is 1.14 bits per heavy atom. The van der Waals surface area contributed by atoms with E-state index in [-0.39, 0.29) is 47.5 Å². The first-order chi connectivity index (χ1) is 20.1. The minimum atomic E-state index is -0.912. The van der Waals surface area contributed by atoms with Crippen LogP contribution in [0.5, 0.6) is 0 Å². The molecule has 222 valence electrons. The minimum Gasteiger partial charge on any atom is -0.394 e. The van der Waals surface area contributed by atoms with Gasteiger partial charge in [0.05, 0.1) is 39.9 Å². The van der Waals surface area contributed by atoms with Crippen LogP contribution in [0.25, 0.3) is 0 Å². The topological polar surface area (TPSA) is 81.2 Å². The number of hydrogen-bond acceptors (Lipinski definition) is 5. The van der Waals surface area contributed by atoms with Gasteiger partial charge in [0.2, 0.25) is 11.8 Å². The van der Waals surface area contributed by atoms with Gasteiger partial charge in [-0.15, -0.1) is 24.9 Å². The lowest BCUT2D eigenvalue weighted by Gasteiger charge is -2.39. The number of rotatable bonds is 10. The third-order valence-electron chi connectivity index (χ3n) is 8.67. The molecule has 0 aromatic heterocycles. The number of fused-ring (bicyclic) bond motifs is 1. The van der Waals surface area contributed by atoms with Crippen molar-refractivity contribution in [3.8, 4) is 0 Å². The van der Waals surface area contributed by atoms with E-state index < -0.39 is 28.7 Å².